The van der Waals surface area contributed by atoms with Gasteiger partial charge in [0.1, 0.15) is 17.4 Å². The van der Waals surface area contributed by atoms with E-state index in [9.17, 15) is 15.2 Å². The van der Waals surface area contributed by atoms with Crippen molar-refractivity contribution in [3.8, 4) is 23.3 Å². The number of carbonyl (C=O) groups excluding carboxylic acids is 1. The number of phenols is 1. The molecule has 2 rings (SSSR count). The summed E-state index contributed by atoms with van der Waals surface area (Å²) in [6.07, 6.45) is 1.44. The molecule has 0 fully saturated rings. The van der Waals surface area contributed by atoms with E-state index in [4.69, 9.17) is 9.47 Å². The first-order valence-electron chi connectivity index (χ1n) is 8.69. The van der Waals surface area contributed by atoms with E-state index < -0.39 is 5.91 Å². The Kier molecular flexibility index (Phi) is 7.47. The van der Waals surface area contributed by atoms with Crippen LogP contribution in [-0.2, 0) is 4.79 Å². The quantitative estimate of drug-likeness (QED) is 0.360. The highest BCUT2D eigenvalue weighted by Crippen LogP contribution is 2.38. The molecule has 0 bridgehead atoms. The van der Waals surface area contributed by atoms with Crippen LogP contribution in [0.4, 0.5) is 5.69 Å². The smallest absolute Gasteiger partial charge is 0.266 e. The van der Waals surface area contributed by atoms with E-state index in [1.807, 2.05) is 26.8 Å². The highest BCUT2D eigenvalue weighted by molar-refractivity contribution is 9.10. The molecule has 2 aromatic carbocycles. The number of hydrogen-bond acceptors (Lipinski definition) is 5. The summed E-state index contributed by atoms with van der Waals surface area (Å²) < 4.78 is 12.1. The van der Waals surface area contributed by atoms with Crippen molar-refractivity contribution >= 4 is 33.6 Å². The van der Waals surface area contributed by atoms with E-state index in [0.29, 0.717) is 33.8 Å². The predicted octanol–water partition coefficient (Wildman–Crippen LogP) is 4.89. The van der Waals surface area contributed by atoms with Crippen molar-refractivity contribution < 1.29 is 19.4 Å². The van der Waals surface area contributed by atoms with Crippen molar-refractivity contribution in [2.24, 2.45) is 0 Å². The van der Waals surface area contributed by atoms with Crippen molar-refractivity contribution in [2.45, 2.75) is 26.9 Å². The van der Waals surface area contributed by atoms with Crippen LogP contribution in [0.3, 0.4) is 0 Å². The van der Waals surface area contributed by atoms with Gasteiger partial charge in [-0.05, 0) is 84.7 Å². The Morgan fingerprint density at radius 2 is 2.00 bits per heavy atom. The van der Waals surface area contributed by atoms with Crippen LogP contribution in [0.5, 0.6) is 17.2 Å². The molecule has 0 heterocycles. The van der Waals surface area contributed by atoms with Crippen molar-refractivity contribution in [3.63, 3.8) is 0 Å². The van der Waals surface area contributed by atoms with Crippen LogP contribution in [0.2, 0.25) is 0 Å². The predicted molar refractivity (Wildman–Crippen MR) is 111 cm³/mol. The molecule has 0 aliphatic carbocycles. The van der Waals surface area contributed by atoms with Crippen LogP contribution >= 0.6 is 15.9 Å². The number of nitriles is 1. The van der Waals surface area contributed by atoms with Crippen LogP contribution in [0, 0.1) is 11.3 Å². The maximum atomic E-state index is 12.4. The van der Waals surface area contributed by atoms with Crippen LogP contribution < -0.4 is 14.8 Å². The Morgan fingerprint density at radius 3 is 2.57 bits per heavy atom. The van der Waals surface area contributed by atoms with E-state index in [-0.39, 0.29) is 17.4 Å². The zero-order chi connectivity index (χ0) is 20.7. The van der Waals surface area contributed by atoms with E-state index in [1.54, 1.807) is 24.3 Å². The molecule has 0 aliphatic heterocycles. The second-order valence-corrected chi connectivity index (χ2v) is 6.95. The van der Waals surface area contributed by atoms with Crippen LogP contribution in [0.25, 0.3) is 6.08 Å². The van der Waals surface area contributed by atoms with Crippen LogP contribution in [0.1, 0.15) is 26.3 Å². The molecule has 0 spiro atoms. The normalized spacial score (nSPS) is 11.1. The van der Waals surface area contributed by atoms with Gasteiger partial charge in [0.05, 0.1) is 17.2 Å². The molecule has 6 nitrogen and oxygen atoms in total. The van der Waals surface area contributed by atoms with Gasteiger partial charge < -0.3 is 19.9 Å². The maximum Gasteiger partial charge on any atom is 0.266 e. The van der Waals surface area contributed by atoms with Gasteiger partial charge in [-0.3, -0.25) is 4.79 Å². The molecule has 2 N–H and O–H groups in total. The van der Waals surface area contributed by atoms with Gasteiger partial charge in [0.2, 0.25) is 0 Å². The molecular weight excluding hydrogens is 424 g/mol. The lowest BCUT2D eigenvalue weighted by Gasteiger charge is -2.17. The fourth-order valence-electron chi connectivity index (χ4n) is 2.34. The largest absolute Gasteiger partial charge is 0.508 e. The first kappa shape index (κ1) is 21.3. The number of hydrogen-bond donors (Lipinski definition) is 2. The van der Waals surface area contributed by atoms with E-state index in [1.165, 1.54) is 18.2 Å². The van der Waals surface area contributed by atoms with Crippen molar-refractivity contribution in [2.75, 3.05) is 11.9 Å². The van der Waals surface area contributed by atoms with E-state index >= 15 is 0 Å². The third-order valence-corrected chi connectivity index (χ3v) is 4.08. The molecule has 7 heteroatoms. The topological polar surface area (TPSA) is 91.6 Å². The van der Waals surface area contributed by atoms with Gasteiger partial charge in [0.15, 0.2) is 11.5 Å². The number of carbonyl (C=O) groups is 1. The highest BCUT2D eigenvalue weighted by atomic mass is 79.9. The van der Waals surface area contributed by atoms with Gasteiger partial charge >= 0.3 is 0 Å². The summed E-state index contributed by atoms with van der Waals surface area (Å²) in [4.78, 5) is 12.4. The molecule has 1 amide bonds. The van der Waals surface area contributed by atoms with Gasteiger partial charge in [-0.1, -0.05) is 0 Å². The fraction of sp³-hybridized carbons (Fsp3) is 0.238. The number of nitrogens with one attached hydrogen (secondary N) is 1. The minimum absolute atomic E-state index is 0.0392. The fourth-order valence-corrected chi connectivity index (χ4v) is 2.90. The lowest BCUT2D eigenvalue weighted by atomic mass is 10.1. The molecule has 28 heavy (non-hydrogen) atoms. The Balaban J connectivity index is 2.33. The average Bonchev–Trinajstić information content (AvgIpc) is 2.64. The molecule has 0 aromatic heterocycles. The minimum atomic E-state index is -0.551. The van der Waals surface area contributed by atoms with Gasteiger partial charge in [0.25, 0.3) is 5.91 Å². The molecule has 0 unspecified atom stereocenters. The summed E-state index contributed by atoms with van der Waals surface area (Å²) in [7, 11) is 0. The zero-order valence-electron chi connectivity index (χ0n) is 15.8. The molecule has 2 aromatic rings. The number of aromatic hydroxyl groups is 1. The maximum absolute atomic E-state index is 12.4. The first-order valence-corrected chi connectivity index (χ1v) is 9.48. The minimum Gasteiger partial charge on any atom is -0.508 e. The third kappa shape index (κ3) is 5.76. The summed E-state index contributed by atoms with van der Waals surface area (Å²) in [5.74, 6) is 0.630. The molecule has 0 atom stereocenters. The lowest BCUT2D eigenvalue weighted by molar-refractivity contribution is -0.112. The summed E-state index contributed by atoms with van der Waals surface area (Å²) in [5, 5.41) is 21.3. The first-order chi connectivity index (χ1) is 13.3. The number of phenolic OH excluding ortho intramolecular Hbond substituents is 1. The second kappa shape index (κ2) is 9.81. The van der Waals surface area contributed by atoms with Gasteiger partial charge in [-0.15, -0.1) is 0 Å². The van der Waals surface area contributed by atoms with E-state index in [0.717, 1.165) is 0 Å². The molecular formula is C21H21BrN2O4. The summed E-state index contributed by atoms with van der Waals surface area (Å²) in [5.41, 5.74) is 1.02. The number of nitrogens with zero attached hydrogens (tertiary/aromatic N) is 1. The molecule has 0 saturated carbocycles. The van der Waals surface area contributed by atoms with E-state index in [2.05, 4.69) is 21.2 Å². The highest BCUT2D eigenvalue weighted by Gasteiger charge is 2.15. The molecule has 0 aliphatic rings. The Bertz CT molecular complexity index is 915. The summed E-state index contributed by atoms with van der Waals surface area (Å²) >= 11 is 3.46. The van der Waals surface area contributed by atoms with Gasteiger partial charge in [-0.2, -0.15) is 5.26 Å². The van der Waals surface area contributed by atoms with Gasteiger partial charge in [0, 0.05) is 5.69 Å². The van der Waals surface area contributed by atoms with Gasteiger partial charge in [-0.25, -0.2) is 0 Å². The van der Waals surface area contributed by atoms with Crippen molar-refractivity contribution in [1.82, 2.24) is 0 Å². The Morgan fingerprint density at radius 1 is 1.32 bits per heavy atom. The Labute approximate surface area is 172 Å². The average molecular weight is 445 g/mol. The molecule has 0 saturated heterocycles. The Hall–Kier alpha value is -2.98. The lowest BCUT2D eigenvalue weighted by Crippen LogP contribution is -2.13. The van der Waals surface area contributed by atoms with Crippen molar-refractivity contribution in [3.05, 3.63) is 52.0 Å². The van der Waals surface area contributed by atoms with Crippen LogP contribution in [-0.4, -0.2) is 23.7 Å². The number of benzene rings is 2. The summed E-state index contributed by atoms with van der Waals surface area (Å²) in [6.45, 7) is 6.14. The summed E-state index contributed by atoms with van der Waals surface area (Å²) in [6, 6.07) is 11.4. The number of anilines is 1. The monoisotopic (exact) mass is 444 g/mol. The number of amides is 1. The zero-order valence-corrected chi connectivity index (χ0v) is 17.4. The second-order valence-electron chi connectivity index (χ2n) is 6.10. The number of halogens is 1. The standard InChI is InChI=1S/C21H21BrN2O4/c1-4-27-19-11-14(10-18(22)20(19)28-13(2)3)9-15(12-23)21(26)24-16-5-7-17(25)8-6-16/h5-11,13,25H,4H2,1-3H3,(H,24,26). The SMILES string of the molecule is CCOc1cc(C=C(C#N)C(=O)Nc2ccc(O)cc2)cc(Br)c1OC(C)C. The van der Waals surface area contributed by atoms with Crippen molar-refractivity contribution in [1.29, 1.82) is 5.26 Å². The van der Waals surface area contributed by atoms with Crippen LogP contribution in [0.15, 0.2) is 46.4 Å². The third-order valence-electron chi connectivity index (χ3n) is 3.49. The number of ether oxygens (including phenoxy) is 2. The molecule has 0 radical (unpaired) electrons. The number of rotatable bonds is 7. The molecule has 146 valence electrons.